The van der Waals surface area contributed by atoms with Gasteiger partial charge >= 0.3 is 0 Å². The van der Waals surface area contributed by atoms with Crippen LogP contribution in [0.1, 0.15) is 44.7 Å². The zero-order chi connectivity index (χ0) is 27.9. The highest BCUT2D eigenvalue weighted by Gasteiger charge is 2.28. The number of ether oxygens (including phenoxy) is 2. The maximum Gasteiger partial charge on any atom is 0.287 e. The molecule has 0 saturated heterocycles. The van der Waals surface area contributed by atoms with Crippen molar-refractivity contribution in [1.82, 2.24) is 5.32 Å². The number of furan rings is 1. The Hall–Kier alpha value is -4.85. The number of nitrogens with zero attached hydrogens (tertiary/aromatic N) is 1. The summed E-state index contributed by atoms with van der Waals surface area (Å²) in [5.74, 6) is 0.877. The zero-order valence-corrected chi connectivity index (χ0v) is 22.2. The molecule has 0 fully saturated rings. The number of carbonyl (C=O) groups excluding carboxylic acids is 3. The molecule has 5 rings (SSSR count). The molecule has 1 aromatic heterocycles. The van der Waals surface area contributed by atoms with Gasteiger partial charge in [0.25, 0.3) is 11.8 Å². The van der Waals surface area contributed by atoms with Crippen molar-refractivity contribution in [3.05, 3.63) is 113 Å². The lowest BCUT2D eigenvalue weighted by Gasteiger charge is -2.29. The summed E-state index contributed by atoms with van der Waals surface area (Å²) in [4.78, 5) is 39.8. The Bertz CT molecular complexity index is 1510. The molecule has 0 bridgehead atoms. The molecule has 40 heavy (non-hydrogen) atoms. The van der Waals surface area contributed by atoms with Crippen LogP contribution in [0.25, 0.3) is 0 Å². The third-order valence-electron chi connectivity index (χ3n) is 6.64. The second-order valence-electron chi connectivity index (χ2n) is 9.42. The van der Waals surface area contributed by atoms with Crippen LogP contribution in [0.5, 0.6) is 11.5 Å². The first-order chi connectivity index (χ1) is 19.5. The zero-order valence-electron chi connectivity index (χ0n) is 22.2. The van der Waals surface area contributed by atoms with Gasteiger partial charge in [0.2, 0.25) is 0 Å². The summed E-state index contributed by atoms with van der Waals surface area (Å²) in [6.45, 7) is 2.34. The van der Waals surface area contributed by atoms with Gasteiger partial charge in [-0.05, 0) is 66.4 Å². The Morgan fingerprint density at radius 1 is 0.950 bits per heavy atom. The number of nitrogens with one attached hydrogen (secondary N) is 1. The normalized spacial score (nSPS) is 12.4. The lowest BCUT2D eigenvalue weighted by Crippen LogP contribution is -2.38. The van der Waals surface area contributed by atoms with Gasteiger partial charge in [-0.2, -0.15) is 0 Å². The van der Waals surface area contributed by atoms with Crippen molar-refractivity contribution in [1.29, 1.82) is 0 Å². The average Bonchev–Trinajstić information content (AvgIpc) is 3.46. The maximum atomic E-state index is 12.9. The van der Waals surface area contributed by atoms with Gasteiger partial charge in [0.1, 0.15) is 17.3 Å². The molecular formula is C32H30N2O6. The number of rotatable bonds is 11. The molecule has 3 aromatic carbocycles. The Morgan fingerprint density at radius 2 is 1.77 bits per heavy atom. The fourth-order valence-corrected chi connectivity index (χ4v) is 4.43. The third-order valence-corrected chi connectivity index (χ3v) is 6.64. The van der Waals surface area contributed by atoms with Crippen LogP contribution in [-0.2, 0) is 24.2 Å². The van der Waals surface area contributed by atoms with Crippen LogP contribution in [-0.4, -0.2) is 37.4 Å². The first kappa shape index (κ1) is 26.7. The highest BCUT2D eigenvalue weighted by atomic mass is 16.5. The number of amides is 2. The van der Waals surface area contributed by atoms with E-state index in [0.717, 1.165) is 17.5 Å². The number of hydrogen-bond donors (Lipinski definition) is 1. The van der Waals surface area contributed by atoms with Gasteiger partial charge in [-0.1, -0.05) is 49.4 Å². The largest absolute Gasteiger partial charge is 0.485 e. The molecule has 204 valence electrons. The van der Waals surface area contributed by atoms with Gasteiger partial charge in [0.05, 0.1) is 12.2 Å². The van der Waals surface area contributed by atoms with E-state index in [1.807, 2.05) is 54.6 Å². The molecule has 0 radical (unpaired) electrons. The van der Waals surface area contributed by atoms with E-state index in [9.17, 15) is 14.4 Å². The quantitative estimate of drug-likeness (QED) is 0.270. The Kier molecular flexibility index (Phi) is 8.25. The summed E-state index contributed by atoms with van der Waals surface area (Å²) in [5, 5.41) is 2.86. The van der Waals surface area contributed by atoms with E-state index >= 15 is 0 Å². The highest BCUT2D eigenvalue weighted by molar-refractivity contribution is 6.02. The predicted octanol–water partition coefficient (Wildman–Crippen LogP) is 5.00. The summed E-state index contributed by atoms with van der Waals surface area (Å²) < 4.78 is 17.1. The van der Waals surface area contributed by atoms with E-state index in [4.69, 9.17) is 13.9 Å². The predicted molar refractivity (Wildman–Crippen MR) is 150 cm³/mol. The van der Waals surface area contributed by atoms with E-state index in [1.54, 1.807) is 30.3 Å². The van der Waals surface area contributed by atoms with Crippen molar-refractivity contribution in [3.63, 3.8) is 0 Å². The van der Waals surface area contributed by atoms with Crippen molar-refractivity contribution in [2.45, 2.75) is 26.3 Å². The van der Waals surface area contributed by atoms with Crippen LogP contribution >= 0.6 is 0 Å². The molecule has 1 aliphatic rings. The fourth-order valence-electron chi connectivity index (χ4n) is 4.43. The van der Waals surface area contributed by atoms with E-state index in [-0.39, 0.29) is 43.1 Å². The van der Waals surface area contributed by atoms with Gasteiger partial charge in [-0.3, -0.25) is 19.3 Å². The molecule has 1 N–H and O–H groups in total. The molecule has 1 aliphatic heterocycles. The first-order valence-corrected chi connectivity index (χ1v) is 13.2. The average molecular weight is 539 g/mol. The number of carbonyl (C=O) groups is 3. The van der Waals surface area contributed by atoms with E-state index in [1.165, 1.54) is 4.90 Å². The topological polar surface area (TPSA) is 98.1 Å². The smallest absolute Gasteiger partial charge is 0.287 e. The number of anilines is 1. The molecular weight excluding hydrogens is 508 g/mol. The molecule has 8 heteroatoms. The summed E-state index contributed by atoms with van der Waals surface area (Å²) in [5.41, 5.74) is 3.10. The minimum Gasteiger partial charge on any atom is -0.485 e. The lowest BCUT2D eigenvalue weighted by molar-refractivity contribution is -0.121. The maximum absolute atomic E-state index is 12.9. The van der Waals surface area contributed by atoms with Crippen LogP contribution in [0, 0.1) is 0 Å². The fraction of sp³-hybridized carbons (Fsp3) is 0.219. The standard InChI is InChI=1S/C32H30N2O6/c1-2-22-9-6-10-25(17-22)38-20-28(35)24-11-13-29-27(18-24)34(31(36)21-39-29)19-26-12-14-30(40-26)32(37)33-16-15-23-7-4-3-5-8-23/h3-14,17-18H,2,15-16,19-21H2,1H3,(H,33,37). The summed E-state index contributed by atoms with van der Waals surface area (Å²) >= 11 is 0. The van der Waals surface area contributed by atoms with E-state index in [2.05, 4.69) is 12.2 Å². The highest BCUT2D eigenvalue weighted by Crippen LogP contribution is 2.34. The molecule has 2 heterocycles. The Labute approximate surface area is 232 Å². The molecule has 0 saturated carbocycles. The number of benzene rings is 3. The van der Waals surface area contributed by atoms with Crippen LogP contribution in [0.4, 0.5) is 5.69 Å². The van der Waals surface area contributed by atoms with Gasteiger partial charge in [-0.25, -0.2) is 0 Å². The van der Waals surface area contributed by atoms with E-state index < -0.39 is 0 Å². The number of fused-ring (bicyclic) bond motifs is 1. The van der Waals surface area contributed by atoms with Gasteiger partial charge < -0.3 is 19.2 Å². The van der Waals surface area contributed by atoms with Crippen molar-refractivity contribution in [2.24, 2.45) is 0 Å². The second kappa shape index (κ2) is 12.3. The molecule has 0 aliphatic carbocycles. The van der Waals surface area contributed by atoms with Crippen molar-refractivity contribution >= 4 is 23.3 Å². The molecule has 2 amide bonds. The molecule has 8 nitrogen and oxygen atoms in total. The lowest BCUT2D eigenvalue weighted by atomic mass is 10.1. The summed E-state index contributed by atoms with van der Waals surface area (Å²) in [6.07, 6.45) is 1.58. The van der Waals surface area contributed by atoms with Gasteiger partial charge in [-0.15, -0.1) is 0 Å². The number of hydrogen-bond acceptors (Lipinski definition) is 6. The minimum absolute atomic E-state index is 0.0877. The number of ketones is 1. The SMILES string of the molecule is CCc1cccc(OCC(=O)c2ccc3c(c2)N(Cc2ccc(C(=O)NCCc4ccccc4)o2)C(=O)CO3)c1. The third kappa shape index (κ3) is 6.40. The van der Waals surface area contributed by atoms with Crippen molar-refractivity contribution in [3.8, 4) is 11.5 Å². The van der Waals surface area contributed by atoms with Crippen LogP contribution in [0.15, 0.2) is 89.3 Å². The molecule has 0 spiro atoms. The number of aryl methyl sites for hydroxylation is 1. The second-order valence-corrected chi connectivity index (χ2v) is 9.42. The summed E-state index contributed by atoms with van der Waals surface area (Å²) in [6, 6.07) is 25.7. The Morgan fingerprint density at radius 3 is 2.60 bits per heavy atom. The van der Waals surface area contributed by atoms with Gasteiger partial charge in [0.15, 0.2) is 24.8 Å². The summed E-state index contributed by atoms with van der Waals surface area (Å²) in [7, 11) is 0. The minimum atomic E-state index is -0.326. The van der Waals surface area contributed by atoms with Crippen LogP contribution in [0.2, 0.25) is 0 Å². The van der Waals surface area contributed by atoms with Crippen molar-refractivity contribution in [2.75, 3.05) is 24.7 Å². The van der Waals surface area contributed by atoms with Crippen molar-refractivity contribution < 1.29 is 28.3 Å². The van der Waals surface area contributed by atoms with E-state index in [0.29, 0.717) is 41.5 Å². The molecule has 4 aromatic rings. The molecule has 0 atom stereocenters. The van der Waals surface area contributed by atoms with Crippen LogP contribution in [0.3, 0.4) is 0 Å². The first-order valence-electron chi connectivity index (χ1n) is 13.2. The Balaban J connectivity index is 1.23. The van der Waals surface area contributed by atoms with Gasteiger partial charge in [0, 0.05) is 12.1 Å². The monoisotopic (exact) mass is 538 g/mol. The molecule has 0 unspecified atom stereocenters. The van der Waals surface area contributed by atoms with Crippen LogP contribution < -0.4 is 19.7 Å². The number of Topliss-reactive ketones (excluding diaryl/α,β-unsaturated/α-hetero) is 1.